The monoisotopic (exact) mass is 308 g/mol. The summed E-state index contributed by atoms with van der Waals surface area (Å²) in [4.78, 5) is -0.0960. The Morgan fingerprint density at radius 3 is 2.33 bits per heavy atom. The number of benzene rings is 1. The molecule has 21 heavy (non-hydrogen) atoms. The third kappa shape index (κ3) is 4.97. The average molecular weight is 308 g/mol. The van der Waals surface area contributed by atoms with Crippen molar-refractivity contribution in [3.8, 4) is 0 Å². The maximum absolute atomic E-state index is 10.8. The Hall–Kier alpha value is -1.13. The summed E-state index contributed by atoms with van der Waals surface area (Å²) in [5.41, 5.74) is 2.64. The first kappa shape index (κ1) is 16.2. The second-order valence-electron chi connectivity index (χ2n) is 5.94. The molecule has 0 amide bonds. The number of hydrogen-bond donors (Lipinski definition) is 1. The molecule has 116 valence electrons. The van der Waals surface area contributed by atoms with E-state index < -0.39 is 10.1 Å². The summed E-state index contributed by atoms with van der Waals surface area (Å²) in [6.45, 7) is 3.39. The summed E-state index contributed by atoms with van der Waals surface area (Å²) in [5.74, 6) is 0.715. The van der Waals surface area contributed by atoms with Crippen LogP contribution >= 0.6 is 0 Å². The van der Waals surface area contributed by atoms with Gasteiger partial charge in [0.15, 0.2) is 0 Å². The smallest absolute Gasteiger partial charge is 0.282 e. The minimum Gasteiger partial charge on any atom is -0.282 e. The second kappa shape index (κ2) is 7.23. The molecular formula is C17H24O3S. The molecule has 0 aliphatic heterocycles. The fraction of sp³-hybridized carbons (Fsp3) is 0.529. The maximum atomic E-state index is 10.8. The highest BCUT2D eigenvalue weighted by atomic mass is 32.2. The highest BCUT2D eigenvalue weighted by Gasteiger charge is 2.15. The van der Waals surface area contributed by atoms with Crippen LogP contribution in [0.3, 0.4) is 0 Å². The molecule has 0 atom stereocenters. The number of hydrogen-bond acceptors (Lipinski definition) is 2. The number of allylic oxidation sites excluding steroid dienone is 1. The molecule has 2 rings (SSSR count). The lowest BCUT2D eigenvalue weighted by Crippen LogP contribution is -2.04. The standard InChI is InChI=1S/C17H24O3S/c1-14(21(18,19)20)6-5-7-15-10-12-17(13-11-15)16-8-3-2-4-9-16/h10-13,16H,1-9H2,(H,18,19,20). The zero-order valence-electron chi connectivity index (χ0n) is 12.4. The van der Waals surface area contributed by atoms with E-state index in [2.05, 4.69) is 30.8 Å². The normalized spacial score (nSPS) is 16.8. The van der Waals surface area contributed by atoms with E-state index in [9.17, 15) is 8.42 Å². The van der Waals surface area contributed by atoms with Crippen LogP contribution in [-0.2, 0) is 16.5 Å². The van der Waals surface area contributed by atoms with E-state index in [1.807, 2.05) is 0 Å². The Morgan fingerprint density at radius 1 is 1.14 bits per heavy atom. The van der Waals surface area contributed by atoms with Crippen LogP contribution in [0.5, 0.6) is 0 Å². The third-order valence-corrected chi connectivity index (χ3v) is 5.28. The summed E-state index contributed by atoms with van der Waals surface area (Å²) in [5, 5.41) is 0. The fourth-order valence-electron chi connectivity index (χ4n) is 3.01. The lowest BCUT2D eigenvalue weighted by molar-refractivity contribution is 0.443. The minimum absolute atomic E-state index is 0.0960. The van der Waals surface area contributed by atoms with E-state index >= 15 is 0 Å². The van der Waals surface area contributed by atoms with Crippen molar-refractivity contribution >= 4 is 10.1 Å². The Morgan fingerprint density at radius 2 is 1.76 bits per heavy atom. The molecule has 0 heterocycles. The van der Waals surface area contributed by atoms with Gasteiger partial charge in [-0.2, -0.15) is 8.42 Å². The maximum Gasteiger partial charge on any atom is 0.290 e. The molecule has 0 unspecified atom stereocenters. The fourth-order valence-corrected chi connectivity index (χ4v) is 3.41. The van der Waals surface area contributed by atoms with Crippen molar-refractivity contribution in [3.63, 3.8) is 0 Å². The average Bonchev–Trinajstić information content (AvgIpc) is 2.48. The Balaban J connectivity index is 1.83. The highest BCUT2D eigenvalue weighted by molar-refractivity contribution is 7.89. The molecular weight excluding hydrogens is 284 g/mol. The molecule has 4 heteroatoms. The largest absolute Gasteiger partial charge is 0.290 e. The van der Waals surface area contributed by atoms with E-state index in [1.165, 1.54) is 43.2 Å². The van der Waals surface area contributed by atoms with Crippen LogP contribution < -0.4 is 0 Å². The van der Waals surface area contributed by atoms with Crippen molar-refractivity contribution < 1.29 is 13.0 Å². The highest BCUT2D eigenvalue weighted by Crippen LogP contribution is 2.32. The zero-order chi connectivity index (χ0) is 15.3. The van der Waals surface area contributed by atoms with Crippen molar-refractivity contribution in [2.45, 2.75) is 57.3 Å². The van der Waals surface area contributed by atoms with E-state index in [4.69, 9.17) is 4.55 Å². The molecule has 0 aromatic heterocycles. The first-order chi connectivity index (χ1) is 9.97. The van der Waals surface area contributed by atoms with Gasteiger partial charge in [-0.05, 0) is 49.1 Å². The second-order valence-corrected chi connectivity index (χ2v) is 7.47. The van der Waals surface area contributed by atoms with Gasteiger partial charge in [-0.15, -0.1) is 0 Å². The number of rotatable bonds is 6. The van der Waals surface area contributed by atoms with Gasteiger partial charge in [-0.3, -0.25) is 4.55 Å². The number of aryl methyl sites for hydroxylation is 1. The molecule has 0 radical (unpaired) electrons. The molecule has 1 aliphatic carbocycles. The van der Waals surface area contributed by atoms with Crippen LogP contribution in [0.1, 0.15) is 62.0 Å². The minimum atomic E-state index is -4.07. The Bertz CT molecular complexity index is 567. The molecule has 3 nitrogen and oxygen atoms in total. The SMILES string of the molecule is C=C(CCCc1ccc(C2CCCCC2)cc1)S(=O)(=O)O. The van der Waals surface area contributed by atoms with Crippen LogP contribution in [0, 0.1) is 0 Å². The Labute approximate surface area is 127 Å². The quantitative estimate of drug-likeness (QED) is 0.789. The lowest BCUT2D eigenvalue weighted by Gasteiger charge is -2.22. The van der Waals surface area contributed by atoms with E-state index in [-0.39, 0.29) is 4.91 Å². The first-order valence-corrected chi connectivity index (χ1v) is 9.15. The van der Waals surface area contributed by atoms with Gasteiger partial charge in [-0.1, -0.05) is 50.1 Å². The first-order valence-electron chi connectivity index (χ1n) is 7.71. The summed E-state index contributed by atoms with van der Waals surface area (Å²) in [7, 11) is -4.07. The van der Waals surface area contributed by atoms with Gasteiger partial charge in [0.2, 0.25) is 0 Å². The van der Waals surface area contributed by atoms with E-state index in [1.54, 1.807) is 0 Å². The van der Waals surface area contributed by atoms with Gasteiger partial charge in [0.25, 0.3) is 10.1 Å². The van der Waals surface area contributed by atoms with Crippen molar-refractivity contribution in [2.24, 2.45) is 0 Å². The molecule has 1 saturated carbocycles. The predicted molar refractivity (Wildman–Crippen MR) is 85.9 cm³/mol. The molecule has 1 fully saturated rings. The third-order valence-electron chi connectivity index (χ3n) is 4.34. The van der Waals surface area contributed by atoms with Crippen molar-refractivity contribution in [1.82, 2.24) is 0 Å². The molecule has 1 N–H and O–H groups in total. The van der Waals surface area contributed by atoms with Crippen molar-refractivity contribution in [3.05, 3.63) is 46.9 Å². The molecule has 1 aliphatic rings. The van der Waals surface area contributed by atoms with Gasteiger partial charge >= 0.3 is 0 Å². The lowest BCUT2D eigenvalue weighted by atomic mass is 9.84. The van der Waals surface area contributed by atoms with E-state index in [0.29, 0.717) is 18.8 Å². The van der Waals surface area contributed by atoms with Crippen molar-refractivity contribution in [2.75, 3.05) is 0 Å². The summed E-state index contributed by atoms with van der Waals surface area (Å²) < 4.78 is 30.5. The molecule has 1 aromatic rings. The van der Waals surface area contributed by atoms with Crippen LogP contribution in [0.15, 0.2) is 35.7 Å². The summed E-state index contributed by atoms with van der Waals surface area (Å²) in [6.07, 6.45) is 8.44. The predicted octanol–water partition coefficient (Wildman–Crippen LogP) is 4.46. The van der Waals surface area contributed by atoms with Crippen LogP contribution in [-0.4, -0.2) is 13.0 Å². The van der Waals surface area contributed by atoms with Gasteiger partial charge in [0.1, 0.15) is 0 Å². The van der Waals surface area contributed by atoms with E-state index in [0.717, 1.165) is 6.42 Å². The molecule has 1 aromatic carbocycles. The van der Waals surface area contributed by atoms with Crippen LogP contribution in [0.2, 0.25) is 0 Å². The van der Waals surface area contributed by atoms with Crippen LogP contribution in [0.4, 0.5) is 0 Å². The summed E-state index contributed by atoms with van der Waals surface area (Å²) in [6, 6.07) is 8.70. The van der Waals surface area contributed by atoms with Crippen LogP contribution in [0.25, 0.3) is 0 Å². The van der Waals surface area contributed by atoms with Gasteiger partial charge in [0.05, 0.1) is 4.91 Å². The zero-order valence-corrected chi connectivity index (χ0v) is 13.2. The van der Waals surface area contributed by atoms with Gasteiger partial charge in [0, 0.05) is 0 Å². The van der Waals surface area contributed by atoms with Gasteiger partial charge < -0.3 is 0 Å². The van der Waals surface area contributed by atoms with Crippen molar-refractivity contribution in [1.29, 1.82) is 0 Å². The molecule has 0 spiro atoms. The molecule has 0 saturated heterocycles. The topological polar surface area (TPSA) is 54.4 Å². The molecule has 0 bridgehead atoms. The summed E-state index contributed by atoms with van der Waals surface area (Å²) >= 11 is 0. The van der Waals surface area contributed by atoms with Gasteiger partial charge in [-0.25, -0.2) is 0 Å². The Kier molecular flexibility index (Phi) is 5.59.